The highest BCUT2D eigenvalue weighted by atomic mass is 16.5. The average Bonchev–Trinajstić information content (AvgIpc) is 2.85. The van der Waals surface area contributed by atoms with Crippen LogP contribution < -0.4 is 4.74 Å². The van der Waals surface area contributed by atoms with Crippen molar-refractivity contribution in [3.8, 4) is 11.5 Å². The molecule has 1 spiro atoms. The summed E-state index contributed by atoms with van der Waals surface area (Å²) in [6.07, 6.45) is 3.69. The molecule has 0 amide bonds. The number of piperidine rings is 1. The van der Waals surface area contributed by atoms with Gasteiger partial charge in [0.15, 0.2) is 11.5 Å². The van der Waals surface area contributed by atoms with Crippen LogP contribution in [0.25, 0.3) is 0 Å². The summed E-state index contributed by atoms with van der Waals surface area (Å²) in [5, 5.41) is 20.7. The normalized spacial score (nSPS) is 45.3. The molecule has 5 rings (SSSR count). The summed E-state index contributed by atoms with van der Waals surface area (Å²) in [6.45, 7) is -1.70. The van der Waals surface area contributed by atoms with Gasteiger partial charge in [-0.05, 0) is 38.0 Å². The Morgan fingerprint density at radius 1 is 1.43 bits per heavy atom. The lowest BCUT2D eigenvalue weighted by Crippen LogP contribution is -2.64. The van der Waals surface area contributed by atoms with Crippen molar-refractivity contribution in [1.29, 1.82) is 0 Å². The molecule has 2 N–H and O–H groups in total. The predicted molar refractivity (Wildman–Crippen MR) is 77.6 cm³/mol. The Kier molecular flexibility index (Phi) is 1.64. The third-order valence-electron chi connectivity index (χ3n) is 5.87. The lowest BCUT2D eigenvalue weighted by atomic mass is 9.53. The third-order valence-corrected chi connectivity index (χ3v) is 5.87. The van der Waals surface area contributed by atoms with Crippen LogP contribution in [0.15, 0.2) is 24.3 Å². The highest BCUT2D eigenvalue weighted by Crippen LogP contribution is 2.62. The number of phenolic OH excluding ortho intramolecular Hbond substituents is 1. The fourth-order valence-electron chi connectivity index (χ4n) is 5.06. The van der Waals surface area contributed by atoms with E-state index in [1.165, 1.54) is 0 Å². The Morgan fingerprint density at radius 2 is 2.33 bits per heavy atom. The van der Waals surface area contributed by atoms with E-state index in [-0.39, 0.29) is 17.7 Å². The smallest absolute Gasteiger partial charge is 0.165 e. The zero-order valence-corrected chi connectivity index (χ0v) is 11.5. The van der Waals surface area contributed by atoms with E-state index in [0.29, 0.717) is 25.1 Å². The second kappa shape index (κ2) is 3.62. The van der Waals surface area contributed by atoms with Crippen LogP contribution >= 0.6 is 0 Å². The molecule has 110 valence electrons. The van der Waals surface area contributed by atoms with E-state index in [9.17, 15) is 10.2 Å². The van der Waals surface area contributed by atoms with Crippen molar-refractivity contribution in [2.24, 2.45) is 5.92 Å². The summed E-state index contributed by atoms with van der Waals surface area (Å²) in [4.78, 5) is 1.62. The van der Waals surface area contributed by atoms with E-state index in [1.54, 1.807) is 17.0 Å². The second-order valence-corrected chi connectivity index (χ2v) is 6.64. The Bertz CT molecular complexity index is 762. The van der Waals surface area contributed by atoms with Gasteiger partial charge in [-0.15, -0.1) is 0 Å². The van der Waals surface area contributed by atoms with Crippen molar-refractivity contribution in [1.82, 2.24) is 4.90 Å². The second-order valence-electron chi connectivity index (χ2n) is 6.64. The van der Waals surface area contributed by atoms with E-state index in [4.69, 9.17) is 8.85 Å². The lowest BCUT2D eigenvalue weighted by Gasteiger charge is -2.56. The number of likely N-dealkylation sites (N-methyl/N-ethyl adjacent to an activating group) is 1. The van der Waals surface area contributed by atoms with Crippen LogP contribution in [0.2, 0.25) is 0 Å². The quantitative estimate of drug-likeness (QED) is 0.705. The third kappa shape index (κ3) is 1.21. The molecule has 2 heterocycles. The molecule has 0 radical (unpaired) electrons. The SMILES string of the molecule is [3H]C([3H])([3H])N1CC[C@]23c4c5ccc(O)c4O[C@H]2[C@@H](O)C=C[C@H]3[C@H]1C5. The molecule has 2 bridgehead atoms. The van der Waals surface area contributed by atoms with Crippen molar-refractivity contribution >= 4 is 0 Å². The lowest BCUT2D eigenvalue weighted by molar-refractivity contribution is -0.0453. The molecule has 5 atom stereocenters. The number of aliphatic hydroxyl groups excluding tert-OH is 1. The maximum Gasteiger partial charge on any atom is 0.165 e. The van der Waals surface area contributed by atoms with Gasteiger partial charge in [-0.25, -0.2) is 0 Å². The number of hydrogen-bond donors (Lipinski definition) is 2. The molecule has 0 aromatic heterocycles. The Balaban J connectivity index is 1.76. The number of aliphatic hydroxyl groups is 1. The predicted octanol–water partition coefficient (Wildman–Crippen LogP) is 1.20. The first kappa shape index (κ1) is 9.49. The van der Waals surface area contributed by atoms with Gasteiger partial charge in [-0.2, -0.15) is 0 Å². The Hall–Kier alpha value is -1.52. The number of benzene rings is 1. The zero-order chi connectivity index (χ0) is 16.9. The molecule has 1 saturated heterocycles. The first-order valence-corrected chi connectivity index (χ1v) is 7.49. The number of likely N-dealkylation sites (tertiary alicyclic amines) is 1. The van der Waals surface area contributed by atoms with E-state index < -0.39 is 24.6 Å². The molecule has 0 unspecified atom stereocenters. The largest absolute Gasteiger partial charge is 0.504 e. The van der Waals surface area contributed by atoms with Crippen molar-refractivity contribution in [2.45, 2.75) is 36.5 Å². The highest BCUT2D eigenvalue weighted by molar-refractivity contribution is 5.61. The molecule has 4 heteroatoms. The number of phenols is 1. The molecule has 2 aliphatic heterocycles. The van der Waals surface area contributed by atoms with Gasteiger partial charge in [0, 0.05) is 27.1 Å². The number of aromatic hydroxyl groups is 1. The first-order chi connectivity index (χ1) is 11.3. The van der Waals surface area contributed by atoms with Gasteiger partial charge in [0.2, 0.25) is 0 Å². The summed E-state index contributed by atoms with van der Waals surface area (Å²) in [5.74, 6) is 0.543. The topological polar surface area (TPSA) is 52.9 Å². The summed E-state index contributed by atoms with van der Waals surface area (Å²) in [6, 6.07) is 3.33. The van der Waals surface area contributed by atoms with E-state index in [0.717, 1.165) is 11.1 Å². The standard InChI is InChI=1S/C17H19NO3/c1-18-7-6-17-10-3-5-13(20)16(17)21-15-12(19)4-2-9(14(15)17)8-11(10)18/h2-5,10-11,13,16,19-20H,6-8H2,1H3/t10-,11+,13-,16-,17-/m0/s1/i1T3. The maximum absolute atomic E-state index is 10.5. The van der Waals surface area contributed by atoms with Crippen LogP contribution in [0.3, 0.4) is 0 Å². The Morgan fingerprint density at radius 3 is 3.19 bits per heavy atom. The monoisotopic (exact) mass is 291 g/mol. The van der Waals surface area contributed by atoms with Gasteiger partial charge < -0.3 is 19.8 Å². The molecular formula is C17H19NO3. The summed E-state index contributed by atoms with van der Waals surface area (Å²) >= 11 is 0. The maximum atomic E-state index is 10.5. The van der Waals surface area contributed by atoms with Crippen molar-refractivity contribution in [3.05, 3.63) is 35.4 Å². The minimum Gasteiger partial charge on any atom is -0.504 e. The minimum atomic E-state index is -2.14. The van der Waals surface area contributed by atoms with Crippen LogP contribution in [0.4, 0.5) is 0 Å². The minimum absolute atomic E-state index is 0.0318. The van der Waals surface area contributed by atoms with Crippen LogP contribution in [-0.2, 0) is 11.8 Å². The first-order valence-electron chi connectivity index (χ1n) is 8.99. The van der Waals surface area contributed by atoms with E-state index in [1.807, 2.05) is 12.1 Å². The fraction of sp³-hybridized carbons (Fsp3) is 0.529. The van der Waals surface area contributed by atoms with Gasteiger partial charge in [-0.1, -0.05) is 18.2 Å². The van der Waals surface area contributed by atoms with E-state index >= 15 is 0 Å². The summed E-state index contributed by atoms with van der Waals surface area (Å²) in [7, 11) is 0. The molecule has 4 nitrogen and oxygen atoms in total. The van der Waals surface area contributed by atoms with Gasteiger partial charge in [0.1, 0.15) is 12.2 Å². The summed E-state index contributed by atoms with van der Waals surface area (Å²) < 4.78 is 29.7. The fourth-order valence-corrected chi connectivity index (χ4v) is 5.06. The molecule has 0 saturated carbocycles. The number of ether oxygens (including phenoxy) is 1. The van der Waals surface area contributed by atoms with Gasteiger partial charge >= 0.3 is 0 Å². The average molecular weight is 291 g/mol. The number of rotatable bonds is 0. The Labute approximate surface area is 127 Å². The van der Waals surface area contributed by atoms with Crippen molar-refractivity contribution in [3.63, 3.8) is 0 Å². The zero-order valence-electron chi connectivity index (χ0n) is 14.5. The van der Waals surface area contributed by atoms with Crippen LogP contribution in [0.1, 0.15) is 21.7 Å². The number of nitrogens with zero attached hydrogens (tertiary/aromatic N) is 1. The molecule has 1 fully saturated rings. The van der Waals surface area contributed by atoms with Crippen molar-refractivity contribution < 1.29 is 19.1 Å². The van der Waals surface area contributed by atoms with Crippen molar-refractivity contribution in [2.75, 3.05) is 13.5 Å². The molecule has 1 aromatic rings. The van der Waals surface area contributed by atoms with Crippen LogP contribution in [-0.4, -0.2) is 46.9 Å². The molecule has 21 heavy (non-hydrogen) atoms. The summed E-state index contributed by atoms with van der Waals surface area (Å²) in [5.41, 5.74) is 1.58. The van der Waals surface area contributed by atoms with Crippen LogP contribution in [0, 0.1) is 5.92 Å². The molecule has 1 aromatic carbocycles. The molecule has 2 aliphatic carbocycles. The van der Waals surface area contributed by atoms with Crippen LogP contribution in [0.5, 0.6) is 11.5 Å². The molecule has 4 aliphatic rings. The van der Waals surface area contributed by atoms with Gasteiger partial charge in [0.25, 0.3) is 0 Å². The highest BCUT2D eigenvalue weighted by Gasteiger charge is 2.64. The van der Waals surface area contributed by atoms with Gasteiger partial charge in [0.05, 0.1) is 0 Å². The van der Waals surface area contributed by atoms with E-state index in [2.05, 4.69) is 0 Å². The van der Waals surface area contributed by atoms with Gasteiger partial charge in [-0.3, -0.25) is 0 Å². The molecular weight excluding hydrogens is 266 g/mol. The number of hydrogen-bond acceptors (Lipinski definition) is 4.